The van der Waals surface area contributed by atoms with Crippen molar-refractivity contribution in [2.24, 2.45) is 0 Å². The quantitative estimate of drug-likeness (QED) is 0.306. The molecule has 0 fully saturated rings. The molecule has 0 bridgehead atoms. The molecule has 0 radical (unpaired) electrons. The topological polar surface area (TPSA) is 57.3 Å². The first kappa shape index (κ1) is 18.6. The number of hydrogen-bond donors (Lipinski definition) is 1. The van der Waals surface area contributed by atoms with Crippen molar-refractivity contribution in [2.75, 3.05) is 0 Å². The molecule has 0 atom stereocenters. The van der Waals surface area contributed by atoms with E-state index < -0.39 is 0 Å². The van der Waals surface area contributed by atoms with Crippen LogP contribution in [0.1, 0.15) is 0 Å². The average Bonchev–Trinajstić information content (AvgIpc) is 0.918. The maximum absolute atomic E-state index is 7.13. The summed E-state index contributed by atoms with van der Waals surface area (Å²) in [6, 6.07) is 0. The van der Waals surface area contributed by atoms with Crippen LogP contribution in [0, 0.1) is 0 Å². The van der Waals surface area contributed by atoms with Gasteiger partial charge in [0, 0.05) is 0 Å². The third-order valence-corrected chi connectivity index (χ3v) is 0. The number of hydrogen-bond acceptors (Lipinski definition) is 2. The molecule has 0 saturated carbocycles. The number of isothiocyanates is 1. The zero-order chi connectivity index (χ0) is 2.71. The van der Waals surface area contributed by atoms with Crippen LogP contribution < -0.4 is 6.15 Å². The molecule has 0 amide bonds. The molecule has 0 aromatic rings. The Labute approximate surface area is 46.5 Å². The largest absolute Gasteiger partial charge is 1.00 e. The van der Waals surface area contributed by atoms with E-state index in [9.17, 15) is 0 Å². The predicted molar refractivity (Wildman–Crippen MR) is 21.0 cm³/mol. The van der Waals surface area contributed by atoms with Crippen LogP contribution in [0.2, 0.25) is 0 Å². The molecular weight excluding hydrogens is 136 g/mol. The summed E-state index contributed by atoms with van der Waals surface area (Å²) in [6.45, 7) is 0. The van der Waals surface area contributed by atoms with E-state index >= 15 is 0 Å². The number of nitrogens with zero attached hydrogens (tertiary/aromatic N) is 1. The summed E-state index contributed by atoms with van der Waals surface area (Å²) in [4.78, 5) is 0. The first-order valence-corrected chi connectivity index (χ1v) is 0.836. The number of rotatable bonds is 0. The summed E-state index contributed by atoms with van der Waals surface area (Å²) in [5, 5.41) is 8.47. The summed E-state index contributed by atoms with van der Waals surface area (Å²) in [6.07, 6.45) is 0. The minimum atomic E-state index is 0. The van der Waals surface area contributed by atoms with Crippen molar-refractivity contribution >= 4 is 17.4 Å². The minimum absolute atomic E-state index is 0. The smallest absolute Gasteiger partial charge is 0.753 e. The third kappa shape index (κ3) is 285. The van der Waals surface area contributed by atoms with Crippen molar-refractivity contribution in [2.45, 2.75) is 0 Å². The van der Waals surface area contributed by atoms with Gasteiger partial charge in [0.15, 0.2) is 0 Å². The van der Waals surface area contributed by atoms with Gasteiger partial charge in [0.1, 0.15) is 0 Å². The standard InChI is InChI=1S/CNS.Cu.H3N/c2-1-3;;/h;;1H3/q-1;+1;. The van der Waals surface area contributed by atoms with E-state index in [1.165, 1.54) is 5.16 Å². The van der Waals surface area contributed by atoms with Crippen LogP contribution in [-0.4, -0.2) is 5.16 Å². The van der Waals surface area contributed by atoms with Crippen LogP contribution >= 0.6 is 12.2 Å². The van der Waals surface area contributed by atoms with Crippen LogP contribution in [0.25, 0.3) is 5.41 Å². The van der Waals surface area contributed by atoms with Crippen LogP contribution in [0.5, 0.6) is 0 Å². The Morgan fingerprint density at radius 1 is 1.60 bits per heavy atom. The second-order valence-electron chi connectivity index (χ2n) is 0.0913. The molecule has 0 saturated heterocycles. The molecule has 0 rings (SSSR count). The molecule has 0 spiro atoms. The fourth-order valence-electron chi connectivity index (χ4n) is 0. The maximum atomic E-state index is 7.13. The Bertz CT molecular complexity index is 30.6. The van der Waals surface area contributed by atoms with Crippen LogP contribution in [-0.2, 0) is 17.1 Å². The van der Waals surface area contributed by atoms with Gasteiger partial charge in [-0.2, -0.15) is 5.16 Å². The normalized spacial score (nSPS) is 1.60. The fraction of sp³-hybridized carbons (Fsp3) is 0. The Morgan fingerprint density at radius 2 is 1.60 bits per heavy atom. The van der Waals surface area contributed by atoms with E-state index in [4.69, 9.17) is 5.41 Å². The molecule has 0 aromatic carbocycles. The zero-order valence-corrected chi connectivity index (χ0v) is 4.12. The second-order valence-corrected chi connectivity index (χ2v) is 0.274. The van der Waals surface area contributed by atoms with Crippen LogP contribution in [0.15, 0.2) is 0 Å². The first-order chi connectivity index (χ1) is 1.41. The average molecular weight is 139 g/mol. The van der Waals surface area contributed by atoms with Gasteiger partial charge in [0.2, 0.25) is 0 Å². The minimum Gasteiger partial charge on any atom is -0.753 e. The van der Waals surface area contributed by atoms with Gasteiger partial charge >= 0.3 is 17.1 Å². The molecule has 34 valence electrons. The summed E-state index contributed by atoms with van der Waals surface area (Å²) in [7, 11) is 0. The summed E-state index contributed by atoms with van der Waals surface area (Å²) < 4.78 is 0. The van der Waals surface area contributed by atoms with Crippen molar-refractivity contribution in [1.29, 1.82) is 0 Å². The van der Waals surface area contributed by atoms with Gasteiger partial charge in [-0.15, -0.1) is 0 Å². The monoisotopic (exact) mass is 138 g/mol. The third-order valence-electron chi connectivity index (χ3n) is 0. The van der Waals surface area contributed by atoms with E-state index in [0.29, 0.717) is 0 Å². The van der Waals surface area contributed by atoms with Gasteiger partial charge in [0.25, 0.3) is 0 Å². The molecule has 0 aliphatic carbocycles. The van der Waals surface area contributed by atoms with E-state index in [1.807, 2.05) is 0 Å². The summed E-state index contributed by atoms with van der Waals surface area (Å²) in [5.41, 5.74) is 0. The van der Waals surface area contributed by atoms with Gasteiger partial charge in [-0.1, -0.05) is 12.2 Å². The Kier molecular flexibility index (Phi) is 105. The Morgan fingerprint density at radius 3 is 1.60 bits per heavy atom. The number of thiocarbonyl (C=S) groups is 1. The zero-order valence-electron chi connectivity index (χ0n) is 2.36. The molecule has 0 heterocycles. The molecule has 3 N–H and O–H groups in total. The predicted octanol–water partition coefficient (Wildman–Crippen LogP) is 0.818. The van der Waals surface area contributed by atoms with E-state index in [-0.39, 0.29) is 23.2 Å². The molecule has 0 aliphatic rings. The maximum Gasteiger partial charge on any atom is 1.00 e. The van der Waals surface area contributed by atoms with Crippen molar-refractivity contribution < 1.29 is 17.1 Å². The Balaban J connectivity index is -0.0000000200. The summed E-state index contributed by atoms with van der Waals surface area (Å²) >= 11 is 3.70. The molecule has 4 heteroatoms. The SMILES string of the molecule is N.[Cu+].[N-]=C=S. The molecule has 5 heavy (non-hydrogen) atoms. The fourth-order valence-corrected chi connectivity index (χ4v) is 0. The van der Waals surface area contributed by atoms with Crippen molar-refractivity contribution in [3.8, 4) is 0 Å². The van der Waals surface area contributed by atoms with E-state index in [1.54, 1.807) is 0 Å². The van der Waals surface area contributed by atoms with Crippen molar-refractivity contribution in [1.82, 2.24) is 6.15 Å². The molecule has 2 nitrogen and oxygen atoms in total. The van der Waals surface area contributed by atoms with Gasteiger partial charge in [-0.25, -0.2) is 0 Å². The van der Waals surface area contributed by atoms with Gasteiger partial charge in [-0.05, 0) is 0 Å². The first-order valence-electron chi connectivity index (χ1n) is 0.428. The Hall–Kier alpha value is 0.279. The van der Waals surface area contributed by atoms with Crippen LogP contribution in [0.4, 0.5) is 0 Å². The van der Waals surface area contributed by atoms with Crippen molar-refractivity contribution in [3.05, 3.63) is 5.41 Å². The molecular formula is CH3CuN2S. The molecule has 0 aliphatic heterocycles. The molecule has 0 aromatic heterocycles. The summed E-state index contributed by atoms with van der Waals surface area (Å²) in [5.74, 6) is 0. The van der Waals surface area contributed by atoms with E-state index in [2.05, 4.69) is 12.2 Å². The van der Waals surface area contributed by atoms with Gasteiger partial charge in [0.05, 0.1) is 0 Å². The van der Waals surface area contributed by atoms with Gasteiger partial charge in [-0.3, -0.25) is 0 Å². The van der Waals surface area contributed by atoms with Crippen LogP contribution in [0.3, 0.4) is 0 Å². The van der Waals surface area contributed by atoms with E-state index in [0.717, 1.165) is 0 Å². The van der Waals surface area contributed by atoms with Crippen molar-refractivity contribution in [3.63, 3.8) is 0 Å². The van der Waals surface area contributed by atoms with Gasteiger partial charge < -0.3 is 11.6 Å². The second kappa shape index (κ2) is 28.1. The molecule has 0 unspecified atom stereocenters.